The lowest BCUT2D eigenvalue weighted by molar-refractivity contribution is 0.102. The van der Waals surface area contributed by atoms with Crippen molar-refractivity contribution in [3.05, 3.63) is 45.7 Å². The number of nitrogens with zero attached hydrogens (tertiary/aromatic N) is 2. The first kappa shape index (κ1) is 14.6. The lowest BCUT2D eigenvalue weighted by Crippen LogP contribution is -2.13. The summed E-state index contributed by atoms with van der Waals surface area (Å²) in [5.41, 5.74) is 1.01. The van der Waals surface area contributed by atoms with Crippen molar-refractivity contribution < 1.29 is 9.90 Å². The van der Waals surface area contributed by atoms with E-state index in [9.17, 15) is 9.90 Å². The monoisotopic (exact) mass is 383 g/mol. The number of nitrogens with one attached hydrogen (secondary N) is 1. The molecule has 5 nitrogen and oxygen atoms in total. The maximum absolute atomic E-state index is 12.0. The molecule has 0 aliphatic rings. The number of phenolic OH excluding ortho intramolecular Hbond substituents is 1. The number of carbonyl (C=O) groups is 1. The van der Waals surface area contributed by atoms with E-state index < -0.39 is 0 Å². The molecule has 0 atom stereocenters. The molecule has 0 aliphatic carbocycles. The minimum Gasteiger partial charge on any atom is -0.507 e. The lowest BCUT2D eigenvalue weighted by Gasteiger charge is -2.11. The largest absolute Gasteiger partial charge is 0.507 e. The molecular weight excluding hydrogens is 369 g/mol. The number of halogens is 1. The summed E-state index contributed by atoms with van der Waals surface area (Å²) in [6.07, 6.45) is 1.60. The summed E-state index contributed by atoms with van der Waals surface area (Å²) in [7, 11) is 3.80. The van der Waals surface area contributed by atoms with Crippen LogP contribution in [0.1, 0.15) is 10.4 Å². The van der Waals surface area contributed by atoms with E-state index >= 15 is 0 Å². The second-order valence-electron chi connectivity index (χ2n) is 4.42. The summed E-state index contributed by atoms with van der Waals surface area (Å²) in [5.74, 6) is 0.630. The maximum Gasteiger partial charge on any atom is 0.255 e. The molecule has 20 heavy (non-hydrogen) atoms. The minimum atomic E-state index is -0.281. The van der Waals surface area contributed by atoms with Crippen LogP contribution in [0.5, 0.6) is 5.75 Å². The number of rotatable bonds is 3. The van der Waals surface area contributed by atoms with Crippen LogP contribution in [0.2, 0.25) is 0 Å². The highest BCUT2D eigenvalue weighted by atomic mass is 127. The number of aromatic nitrogens is 1. The van der Waals surface area contributed by atoms with E-state index in [4.69, 9.17) is 0 Å². The molecular formula is C14H14IN3O2. The zero-order chi connectivity index (χ0) is 14.7. The summed E-state index contributed by atoms with van der Waals surface area (Å²) in [6, 6.07) is 8.41. The van der Waals surface area contributed by atoms with Crippen LogP contribution in [-0.2, 0) is 0 Å². The molecule has 0 unspecified atom stereocenters. The fraction of sp³-hybridized carbons (Fsp3) is 0.143. The third-order valence-electron chi connectivity index (χ3n) is 2.67. The molecule has 1 aromatic carbocycles. The van der Waals surface area contributed by atoms with E-state index in [0.29, 0.717) is 14.8 Å². The predicted molar refractivity (Wildman–Crippen MR) is 87.3 cm³/mol. The molecule has 0 fully saturated rings. The Kier molecular flexibility index (Phi) is 4.43. The highest BCUT2D eigenvalue weighted by molar-refractivity contribution is 14.1. The molecule has 104 valence electrons. The molecule has 2 N–H and O–H groups in total. The maximum atomic E-state index is 12.0. The van der Waals surface area contributed by atoms with Crippen LogP contribution in [0, 0.1) is 3.57 Å². The summed E-state index contributed by atoms with van der Waals surface area (Å²) in [4.78, 5) is 18.1. The van der Waals surface area contributed by atoms with Gasteiger partial charge < -0.3 is 15.3 Å². The summed E-state index contributed by atoms with van der Waals surface area (Å²) >= 11 is 2.00. The molecule has 1 heterocycles. The third-order valence-corrected chi connectivity index (χ3v) is 3.58. The first-order chi connectivity index (χ1) is 9.47. The molecule has 1 aromatic heterocycles. The van der Waals surface area contributed by atoms with Crippen LogP contribution >= 0.6 is 22.6 Å². The number of anilines is 2. The zero-order valence-corrected chi connectivity index (χ0v) is 13.2. The van der Waals surface area contributed by atoms with Crippen molar-refractivity contribution in [3.63, 3.8) is 0 Å². The van der Waals surface area contributed by atoms with Crippen molar-refractivity contribution in [2.24, 2.45) is 0 Å². The van der Waals surface area contributed by atoms with Gasteiger partial charge in [0, 0.05) is 19.7 Å². The molecule has 0 radical (unpaired) electrons. The molecule has 1 amide bonds. The summed E-state index contributed by atoms with van der Waals surface area (Å²) in [6.45, 7) is 0. The first-order valence-electron chi connectivity index (χ1n) is 5.90. The van der Waals surface area contributed by atoms with E-state index in [2.05, 4.69) is 10.3 Å². The standard InChI is InChI=1S/C14H14IN3O2/c1-18(2)13-6-4-10(8-16-13)17-14(20)9-3-5-11(15)12(19)7-9/h3-8,19H,1-2H3,(H,17,20). The van der Waals surface area contributed by atoms with Crippen molar-refractivity contribution in [1.82, 2.24) is 4.98 Å². The lowest BCUT2D eigenvalue weighted by atomic mass is 10.2. The average Bonchev–Trinajstić information content (AvgIpc) is 2.42. The van der Waals surface area contributed by atoms with Gasteiger partial charge in [0.1, 0.15) is 11.6 Å². The SMILES string of the molecule is CN(C)c1ccc(NC(=O)c2ccc(I)c(O)c2)cn1. The molecule has 0 aliphatic heterocycles. The normalized spacial score (nSPS) is 10.2. The van der Waals surface area contributed by atoms with Gasteiger partial charge in [0.2, 0.25) is 0 Å². The quantitative estimate of drug-likeness (QED) is 0.801. The van der Waals surface area contributed by atoms with Gasteiger partial charge in [-0.3, -0.25) is 4.79 Å². The first-order valence-corrected chi connectivity index (χ1v) is 6.98. The van der Waals surface area contributed by atoms with Crippen LogP contribution in [0.15, 0.2) is 36.5 Å². The fourth-order valence-corrected chi connectivity index (χ4v) is 1.92. The van der Waals surface area contributed by atoms with E-state index in [1.165, 1.54) is 6.07 Å². The van der Waals surface area contributed by atoms with Crippen LogP contribution in [0.3, 0.4) is 0 Å². The van der Waals surface area contributed by atoms with Crippen LogP contribution in [-0.4, -0.2) is 30.1 Å². The Bertz CT molecular complexity index is 627. The number of aromatic hydroxyl groups is 1. The van der Waals surface area contributed by atoms with Crippen LogP contribution < -0.4 is 10.2 Å². The Morgan fingerprint density at radius 1 is 1.30 bits per heavy atom. The van der Waals surface area contributed by atoms with Gasteiger partial charge in [-0.25, -0.2) is 4.98 Å². The van der Waals surface area contributed by atoms with Crippen molar-refractivity contribution in [1.29, 1.82) is 0 Å². The number of carbonyl (C=O) groups excluding carboxylic acids is 1. The predicted octanol–water partition coefficient (Wildman–Crippen LogP) is 2.71. The zero-order valence-electron chi connectivity index (χ0n) is 11.1. The smallest absolute Gasteiger partial charge is 0.255 e. The van der Waals surface area contributed by atoms with Crippen molar-refractivity contribution in [3.8, 4) is 5.75 Å². The average molecular weight is 383 g/mol. The highest BCUT2D eigenvalue weighted by Gasteiger charge is 2.09. The van der Waals surface area contributed by atoms with Gasteiger partial charge in [-0.2, -0.15) is 0 Å². The summed E-state index contributed by atoms with van der Waals surface area (Å²) in [5, 5.41) is 12.3. The van der Waals surface area contributed by atoms with E-state index in [0.717, 1.165) is 5.82 Å². The molecule has 0 spiro atoms. The molecule has 6 heteroatoms. The Labute approximate surface area is 130 Å². The number of benzene rings is 1. The Morgan fingerprint density at radius 3 is 2.60 bits per heavy atom. The van der Waals surface area contributed by atoms with Gasteiger partial charge in [0.25, 0.3) is 5.91 Å². The molecule has 0 bridgehead atoms. The van der Waals surface area contributed by atoms with Gasteiger partial charge in [-0.15, -0.1) is 0 Å². The van der Waals surface area contributed by atoms with E-state index in [-0.39, 0.29) is 11.7 Å². The van der Waals surface area contributed by atoms with Gasteiger partial charge in [-0.05, 0) is 52.9 Å². The molecule has 0 saturated carbocycles. The Balaban J connectivity index is 2.12. The van der Waals surface area contributed by atoms with Crippen molar-refractivity contribution >= 4 is 40.0 Å². The fourth-order valence-electron chi connectivity index (χ4n) is 1.58. The van der Waals surface area contributed by atoms with Crippen molar-refractivity contribution in [2.45, 2.75) is 0 Å². The van der Waals surface area contributed by atoms with Gasteiger partial charge in [0.05, 0.1) is 15.5 Å². The van der Waals surface area contributed by atoms with Crippen LogP contribution in [0.25, 0.3) is 0 Å². The number of pyridine rings is 1. The minimum absolute atomic E-state index is 0.0966. The molecule has 0 saturated heterocycles. The molecule has 2 rings (SSSR count). The van der Waals surface area contributed by atoms with Gasteiger partial charge >= 0.3 is 0 Å². The summed E-state index contributed by atoms with van der Waals surface area (Å²) < 4.78 is 0.705. The Morgan fingerprint density at radius 2 is 2.05 bits per heavy atom. The second-order valence-corrected chi connectivity index (χ2v) is 5.58. The van der Waals surface area contributed by atoms with Gasteiger partial charge in [-0.1, -0.05) is 0 Å². The number of amides is 1. The van der Waals surface area contributed by atoms with Crippen molar-refractivity contribution in [2.75, 3.05) is 24.3 Å². The third kappa shape index (κ3) is 3.38. The number of hydrogen-bond acceptors (Lipinski definition) is 4. The molecule has 2 aromatic rings. The van der Waals surface area contributed by atoms with Crippen LogP contribution in [0.4, 0.5) is 11.5 Å². The van der Waals surface area contributed by atoms with E-state index in [1.807, 2.05) is 47.7 Å². The van der Waals surface area contributed by atoms with Gasteiger partial charge in [0.15, 0.2) is 0 Å². The number of phenols is 1. The highest BCUT2D eigenvalue weighted by Crippen LogP contribution is 2.21. The number of hydrogen-bond donors (Lipinski definition) is 2. The topological polar surface area (TPSA) is 65.5 Å². The Hall–Kier alpha value is -1.83. The second kappa shape index (κ2) is 6.08. The van der Waals surface area contributed by atoms with E-state index in [1.54, 1.807) is 24.4 Å².